The molecule has 0 bridgehead atoms. The summed E-state index contributed by atoms with van der Waals surface area (Å²) in [6.45, 7) is 1.97. The molecule has 0 aromatic heterocycles. The number of nitrogens with two attached hydrogens (primary N) is 1. The van der Waals surface area contributed by atoms with Gasteiger partial charge in [-0.2, -0.15) is 0 Å². The highest BCUT2D eigenvalue weighted by Gasteiger charge is 1.96. The summed E-state index contributed by atoms with van der Waals surface area (Å²) in [5.41, 5.74) is 4.59. The van der Waals surface area contributed by atoms with Crippen molar-refractivity contribution in [2.24, 2.45) is 5.84 Å². The third kappa shape index (κ3) is 1.62. The van der Waals surface area contributed by atoms with E-state index in [2.05, 4.69) is 5.43 Å². The lowest BCUT2D eigenvalue weighted by Gasteiger charge is -2.05. The molecule has 0 spiro atoms. The quantitative estimate of drug-likeness (QED) is 0.496. The second kappa shape index (κ2) is 3.25. The molecule has 0 fully saturated rings. The van der Waals surface area contributed by atoms with E-state index in [1.54, 1.807) is 7.11 Å². The van der Waals surface area contributed by atoms with Gasteiger partial charge < -0.3 is 10.2 Å². The Morgan fingerprint density at radius 1 is 1.45 bits per heavy atom. The zero-order valence-corrected chi connectivity index (χ0v) is 6.72. The highest BCUT2D eigenvalue weighted by Crippen LogP contribution is 2.19. The van der Waals surface area contributed by atoms with Crippen LogP contribution in [0.25, 0.3) is 0 Å². The molecule has 0 unspecified atom stereocenters. The number of nitrogen functional groups attached to an aromatic ring is 1. The van der Waals surface area contributed by atoms with Crippen LogP contribution in [0.5, 0.6) is 5.75 Å². The topological polar surface area (TPSA) is 47.3 Å². The number of hydrogen-bond donors (Lipinski definition) is 2. The van der Waals surface area contributed by atoms with E-state index in [1.807, 2.05) is 25.1 Å². The fourth-order valence-corrected chi connectivity index (χ4v) is 0.925. The first-order valence-corrected chi connectivity index (χ1v) is 3.39. The highest BCUT2D eigenvalue weighted by atomic mass is 16.5. The molecule has 1 rings (SSSR count). The van der Waals surface area contributed by atoms with Crippen molar-refractivity contribution in [2.45, 2.75) is 6.92 Å². The van der Waals surface area contributed by atoms with Crippen LogP contribution >= 0.6 is 0 Å². The molecule has 0 aliphatic rings. The predicted octanol–water partition coefficient (Wildman–Crippen LogP) is 1.29. The summed E-state index contributed by atoms with van der Waals surface area (Å²) in [6, 6.07) is 5.67. The smallest absolute Gasteiger partial charge is 0.119 e. The number of ether oxygens (including phenoxy) is 1. The minimum atomic E-state index is 0.849. The Bertz CT molecular complexity index is 248. The molecule has 0 radical (unpaired) electrons. The zero-order chi connectivity index (χ0) is 8.27. The molecule has 0 heterocycles. The standard InChI is InChI=1S/C8H12N2O/c1-6-5-7(11-2)3-4-8(6)10-9/h3-5,10H,9H2,1-2H3. The van der Waals surface area contributed by atoms with E-state index >= 15 is 0 Å². The average Bonchev–Trinajstić information content (AvgIpc) is 2.04. The lowest BCUT2D eigenvalue weighted by Crippen LogP contribution is -2.07. The molecule has 1 aromatic rings. The van der Waals surface area contributed by atoms with Crippen molar-refractivity contribution < 1.29 is 4.74 Å². The van der Waals surface area contributed by atoms with E-state index in [1.165, 1.54) is 0 Å². The van der Waals surface area contributed by atoms with Crippen molar-refractivity contribution >= 4 is 5.69 Å². The molecular weight excluding hydrogens is 140 g/mol. The maximum Gasteiger partial charge on any atom is 0.119 e. The van der Waals surface area contributed by atoms with E-state index in [0.29, 0.717) is 0 Å². The molecular formula is C8H12N2O. The number of benzene rings is 1. The van der Waals surface area contributed by atoms with Crippen molar-refractivity contribution in [1.29, 1.82) is 0 Å². The van der Waals surface area contributed by atoms with Gasteiger partial charge >= 0.3 is 0 Å². The number of methoxy groups -OCH3 is 1. The Kier molecular flexibility index (Phi) is 2.33. The third-order valence-electron chi connectivity index (χ3n) is 1.59. The summed E-state index contributed by atoms with van der Waals surface area (Å²) in [5, 5.41) is 0. The molecule has 3 heteroatoms. The average molecular weight is 152 g/mol. The predicted molar refractivity (Wildman–Crippen MR) is 45.5 cm³/mol. The van der Waals surface area contributed by atoms with Gasteiger partial charge in [0.05, 0.1) is 12.8 Å². The van der Waals surface area contributed by atoms with Crippen LogP contribution in [0.1, 0.15) is 5.56 Å². The van der Waals surface area contributed by atoms with Crippen LogP contribution in [0.15, 0.2) is 18.2 Å². The van der Waals surface area contributed by atoms with Gasteiger partial charge in [0.1, 0.15) is 5.75 Å². The van der Waals surface area contributed by atoms with Crippen LogP contribution in [-0.2, 0) is 0 Å². The molecule has 60 valence electrons. The van der Waals surface area contributed by atoms with Gasteiger partial charge in [0, 0.05) is 0 Å². The number of anilines is 1. The zero-order valence-electron chi connectivity index (χ0n) is 6.72. The second-order valence-electron chi connectivity index (χ2n) is 2.33. The summed E-state index contributed by atoms with van der Waals surface area (Å²) < 4.78 is 5.03. The fourth-order valence-electron chi connectivity index (χ4n) is 0.925. The van der Waals surface area contributed by atoms with E-state index in [4.69, 9.17) is 10.6 Å². The monoisotopic (exact) mass is 152 g/mol. The Morgan fingerprint density at radius 3 is 2.64 bits per heavy atom. The number of rotatable bonds is 2. The molecule has 0 saturated heterocycles. The van der Waals surface area contributed by atoms with Gasteiger partial charge in [0.15, 0.2) is 0 Å². The molecule has 0 aliphatic carbocycles. The van der Waals surface area contributed by atoms with Gasteiger partial charge in [-0.05, 0) is 30.7 Å². The van der Waals surface area contributed by atoms with Crippen molar-refractivity contribution in [3.8, 4) is 5.75 Å². The van der Waals surface area contributed by atoms with Crippen LogP contribution in [0, 0.1) is 6.92 Å². The lowest BCUT2D eigenvalue weighted by atomic mass is 10.2. The molecule has 0 amide bonds. The maximum absolute atomic E-state index is 5.25. The molecule has 0 atom stereocenters. The van der Waals surface area contributed by atoms with Gasteiger partial charge in [-0.25, -0.2) is 0 Å². The Hall–Kier alpha value is -1.22. The van der Waals surface area contributed by atoms with Crippen LogP contribution in [0.4, 0.5) is 5.69 Å². The van der Waals surface area contributed by atoms with Gasteiger partial charge in [-0.15, -0.1) is 0 Å². The Balaban J connectivity index is 2.99. The van der Waals surface area contributed by atoms with Crippen LogP contribution < -0.4 is 16.0 Å². The Morgan fingerprint density at radius 2 is 2.18 bits per heavy atom. The summed E-state index contributed by atoms with van der Waals surface area (Å²) in [7, 11) is 1.64. The van der Waals surface area contributed by atoms with E-state index in [0.717, 1.165) is 17.0 Å². The van der Waals surface area contributed by atoms with Crippen molar-refractivity contribution in [3.63, 3.8) is 0 Å². The normalized spacial score (nSPS) is 9.36. The minimum absolute atomic E-state index is 0.849. The van der Waals surface area contributed by atoms with Gasteiger partial charge in [-0.1, -0.05) is 0 Å². The number of hydrazine groups is 1. The first kappa shape index (κ1) is 7.88. The number of hydrogen-bond acceptors (Lipinski definition) is 3. The lowest BCUT2D eigenvalue weighted by molar-refractivity contribution is 0.414. The van der Waals surface area contributed by atoms with Gasteiger partial charge in [0.25, 0.3) is 0 Å². The maximum atomic E-state index is 5.25. The van der Waals surface area contributed by atoms with Crippen LogP contribution in [0.3, 0.4) is 0 Å². The molecule has 0 saturated carbocycles. The molecule has 0 aliphatic heterocycles. The van der Waals surface area contributed by atoms with Gasteiger partial charge in [-0.3, -0.25) is 5.84 Å². The first-order chi connectivity index (χ1) is 5.27. The van der Waals surface area contributed by atoms with E-state index < -0.39 is 0 Å². The Labute approximate surface area is 66.1 Å². The molecule has 3 nitrogen and oxygen atoms in total. The molecule has 1 aromatic carbocycles. The minimum Gasteiger partial charge on any atom is -0.497 e. The number of nitrogens with one attached hydrogen (secondary N) is 1. The summed E-state index contributed by atoms with van der Waals surface area (Å²) >= 11 is 0. The number of aryl methyl sites for hydroxylation is 1. The summed E-state index contributed by atoms with van der Waals surface area (Å²) in [4.78, 5) is 0. The largest absolute Gasteiger partial charge is 0.497 e. The second-order valence-corrected chi connectivity index (χ2v) is 2.33. The highest BCUT2D eigenvalue weighted by molar-refractivity contribution is 5.52. The van der Waals surface area contributed by atoms with Crippen molar-refractivity contribution in [2.75, 3.05) is 12.5 Å². The van der Waals surface area contributed by atoms with Crippen LogP contribution in [0.2, 0.25) is 0 Å². The van der Waals surface area contributed by atoms with Crippen LogP contribution in [-0.4, -0.2) is 7.11 Å². The fraction of sp³-hybridized carbons (Fsp3) is 0.250. The molecule has 3 N–H and O–H groups in total. The summed E-state index contributed by atoms with van der Waals surface area (Å²) in [5.74, 6) is 6.10. The van der Waals surface area contributed by atoms with E-state index in [9.17, 15) is 0 Å². The summed E-state index contributed by atoms with van der Waals surface area (Å²) in [6.07, 6.45) is 0. The first-order valence-electron chi connectivity index (χ1n) is 3.39. The van der Waals surface area contributed by atoms with Crippen molar-refractivity contribution in [3.05, 3.63) is 23.8 Å². The van der Waals surface area contributed by atoms with Crippen molar-refractivity contribution in [1.82, 2.24) is 0 Å². The molecule has 11 heavy (non-hydrogen) atoms. The van der Waals surface area contributed by atoms with E-state index in [-0.39, 0.29) is 0 Å². The van der Waals surface area contributed by atoms with Gasteiger partial charge in [0.2, 0.25) is 0 Å². The third-order valence-corrected chi connectivity index (χ3v) is 1.59. The SMILES string of the molecule is COc1ccc(NN)c(C)c1.